The summed E-state index contributed by atoms with van der Waals surface area (Å²) in [4.78, 5) is 21.2. The Morgan fingerprint density at radius 1 is 1.17 bits per heavy atom. The minimum Gasteiger partial charge on any atom is -0.493 e. The van der Waals surface area contributed by atoms with Crippen LogP contribution in [0.3, 0.4) is 0 Å². The molecule has 1 aliphatic heterocycles. The van der Waals surface area contributed by atoms with Crippen LogP contribution in [0.5, 0.6) is 5.75 Å². The lowest BCUT2D eigenvalue weighted by atomic mass is 9.95. The normalized spacial score (nSPS) is 15.5. The number of nitrogens with zero attached hydrogens (tertiary/aromatic N) is 3. The standard InChI is InChI=1S/C23H19FN4O2/c1-28-12-21(26-13-28)23(29)27-20-6-7-30-22-5-2-14(10-18(20)22)16-8-15-9-17(24)3-4-19(15)25-11-16/h2-5,8-13,20H,6-7H2,1H3,(H,27,29). The molecular weight excluding hydrogens is 383 g/mol. The van der Waals surface area contributed by atoms with Crippen molar-refractivity contribution in [1.29, 1.82) is 0 Å². The topological polar surface area (TPSA) is 69.0 Å². The molecule has 1 amide bonds. The number of imidazole rings is 1. The SMILES string of the molecule is Cn1cnc(C(=O)NC2CCOc3ccc(-c4cnc5ccc(F)cc5c4)cc32)c1. The van der Waals surface area contributed by atoms with Crippen molar-refractivity contribution in [3.63, 3.8) is 0 Å². The molecule has 0 saturated carbocycles. The van der Waals surface area contributed by atoms with Gasteiger partial charge >= 0.3 is 0 Å². The van der Waals surface area contributed by atoms with Crippen LogP contribution in [0.1, 0.15) is 28.5 Å². The highest BCUT2D eigenvalue weighted by molar-refractivity contribution is 5.92. The van der Waals surface area contributed by atoms with E-state index in [9.17, 15) is 9.18 Å². The average Bonchev–Trinajstić information content (AvgIpc) is 3.19. The fourth-order valence-corrected chi connectivity index (χ4v) is 3.75. The van der Waals surface area contributed by atoms with Crippen LogP contribution < -0.4 is 10.1 Å². The molecule has 0 bridgehead atoms. The molecule has 0 spiro atoms. The summed E-state index contributed by atoms with van der Waals surface area (Å²) in [6.07, 6.45) is 5.72. The Kier molecular flexibility index (Phi) is 4.43. The number of benzene rings is 2. The highest BCUT2D eigenvalue weighted by Crippen LogP contribution is 2.36. The first kappa shape index (κ1) is 18.3. The van der Waals surface area contributed by atoms with Crippen LogP contribution in [-0.4, -0.2) is 27.0 Å². The molecule has 1 N–H and O–H groups in total. The summed E-state index contributed by atoms with van der Waals surface area (Å²) in [7, 11) is 1.82. The molecule has 1 unspecified atom stereocenters. The summed E-state index contributed by atoms with van der Waals surface area (Å²) in [5, 5.41) is 3.80. The number of hydrogen-bond donors (Lipinski definition) is 1. The van der Waals surface area contributed by atoms with Gasteiger partial charge in [0.15, 0.2) is 0 Å². The van der Waals surface area contributed by atoms with E-state index < -0.39 is 0 Å². The number of rotatable bonds is 3. The van der Waals surface area contributed by atoms with Gasteiger partial charge in [0.1, 0.15) is 17.3 Å². The van der Waals surface area contributed by atoms with Crippen LogP contribution in [0.4, 0.5) is 4.39 Å². The van der Waals surface area contributed by atoms with Gasteiger partial charge in [-0.3, -0.25) is 9.78 Å². The molecule has 5 rings (SSSR count). The second-order valence-corrected chi connectivity index (χ2v) is 7.40. The maximum atomic E-state index is 13.6. The third kappa shape index (κ3) is 3.39. The van der Waals surface area contributed by atoms with Crippen molar-refractivity contribution in [2.75, 3.05) is 6.61 Å². The van der Waals surface area contributed by atoms with E-state index in [-0.39, 0.29) is 17.8 Å². The molecule has 6 nitrogen and oxygen atoms in total. The van der Waals surface area contributed by atoms with Crippen molar-refractivity contribution in [1.82, 2.24) is 19.9 Å². The molecule has 0 aliphatic carbocycles. The number of pyridine rings is 1. The zero-order chi connectivity index (χ0) is 20.7. The number of fused-ring (bicyclic) bond motifs is 2. The third-order valence-electron chi connectivity index (χ3n) is 5.27. The Balaban J connectivity index is 1.48. The fourth-order valence-electron chi connectivity index (χ4n) is 3.75. The van der Waals surface area contributed by atoms with Gasteiger partial charge in [-0.2, -0.15) is 0 Å². The van der Waals surface area contributed by atoms with Gasteiger partial charge < -0.3 is 14.6 Å². The lowest BCUT2D eigenvalue weighted by Gasteiger charge is -2.27. The number of amides is 1. The first-order valence-corrected chi connectivity index (χ1v) is 9.68. The number of nitrogens with one attached hydrogen (secondary N) is 1. The average molecular weight is 402 g/mol. The second kappa shape index (κ2) is 7.26. The number of aromatic nitrogens is 3. The van der Waals surface area contributed by atoms with Crippen LogP contribution in [0.2, 0.25) is 0 Å². The molecule has 150 valence electrons. The van der Waals surface area contributed by atoms with Crippen LogP contribution in [0.25, 0.3) is 22.0 Å². The van der Waals surface area contributed by atoms with Gasteiger partial charge in [0, 0.05) is 42.4 Å². The van der Waals surface area contributed by atoms with E-state index in [1.807, 2.05) is 31.3 Å². The Hall–Kier alpha value is -3.74. The second-order valence-electron chi connectivity index (χ2n) is 7.40. The van der Waals surface area contributed by atoms with E-state index in [4.69, 9.17) is 4.74 Å². The van der Waals surface area contributed by atoms with Crippen molar-refractivity contribution < 1.29 is 13.9 Å². The number of hydrogen-bond acceptors (Lipinski definition) is 4. The largest absolute Gasteiger partial charge is 0.493 e. The van der Waals surface area contributed by atoms with Crippen LogP contribution >= 0.6 is 0 Å². The first-order chi connectivity index (χ1) is 14.6. The molecule has 1 atom stereocenters. The number of aryl methyl sites for hydroxylation is 1. The summed E-state index contributed by atoms with van der Waals surface area (Å²) in [6.45, 7) is 0.524. The maximum absolute atomic E-state index is 13.6. The lowest BCUT2D eigenvalue weighted by molar-refractivity contribution is 0.0920. The summed E-state index contributed by atoms with van der Waals surface area (Å²) in [6, 6.07) is 12.1. The van der Waals surface area contributed by atoms with Crippen molar-refractivity contribution in [3.8, 4) is 16.9 Å². The lowest BCUT2D eigenvalue weighted by Crippen LogP contribution is -2.32. The minimum absolute atomic E-state index is 0.186. The third-order valence-corrected chi connectivity index (χ3v) is 5.27. The van der Waals surface area contributed by atoms with E-state index in [0.717, 1.165) is 33.3 Å². The molecule has 3 heterocycles. The quantitative estimate of drug-likeness (QED) is 0.562. The van der Waals surface area contributed by atoms with Crippen LogP contribution in [0, 0.1) is 5.82 Å². The molecule has 1 aliphatic rings. The van der Waals surface area contributed by atoms with Crippen LogP contribution in [0.15, 0.2) is 61.2 Å². The van der Waals surface area contributed by atoms with Crippen LogP contribution in [-0.2, 0) is 7.05 Å². The highest BCUT2D eigenvalue weighted by Gasteiger charge is 2.25. The molecule has 0 saturated heterocycles. The first-order valence-electron chi connectivity index (χ1n) is 9.68. The van der Waals surface area contributed by atoms with Crippen molar-refractivity contribution in [2.45, 2.75) is 12.5 Å². The zero-order valence-electron chi connectivity index (χ0n) is 16.3. The number of carbonyl (C=O) groups excluding carboxylic acids is 1. The molecule has 0 radical (unpaired) electrons. The van der Waals surface area contributed by atoms with Gasteiger partial charge in [-0.25, -0.2) is 9.37 Å². The van der Waals surface area contributed by atoms with E-state index in [2.05, 4.69) is 15.3 Å². The van der Waals surface area contributed by atoms with E-state index in [1.54, 1.807) is 29.4 Å². The van der Waals surface area contributed by atoms with E-state index >= 15 is 0 Å². The Labute approximate surface area is 172 Å². The summed E-state index contributed by atoms with van der Waals surface area (Å²) in [5.74, 6) is 0.232. The van der Waals surface area contributed by atoms with Crippen molar-refractivity contribution >= 4 is 16.8 Å². The monoisotopic (exact) mass is 402 g/mol. The molecule has 4 aromatic rings. The van der Waals surface area contributed by atoms with Gasteiger partial charge in [-0.05, 0) is 42.0 Å². The number of ether oxygens (including phenoxy) is 1. The number of halogens is 1. The fraction of sp³-hybridized carbons (Fsp3) is 0.174. The molecule has 7 heteroatoms. The van der Waals surface area contributed by atoms with Gasteiger partial charge in [0.2, 0.25) is 0 Å². The molecular formula is C23H19FN4O2. The summed E-state index contributed by atoms with van der Waals surface area (Å²) >= 11 is 0. The minimum atomic E-state index is -0.294. The maximum Gasteiger partial charge on any atom is 0.271 e. The van der Waals surface area contributed by atoms with Crippen molar-refractivity contribution in [3.05, 3.63) is 78.3 Å². The summed E-state index contributed by atoms with van der Waals surface area (Å²) in [5.41, 5.74) is 3.82. The molecule has 0 fully saturated rings. The van der Waals surface area contributed by atoms with Gasteiger partial charge in [-0.1, -0.05) is 6.07 Å². The molecule has 2 aromatic carbocycles. The predicted octanol–water partition coefficient (Wildman–Crippen LogP) is 4.03. The highest BCUT2D eigenvalue weighted by atomic mass is 19.1. The Bertz CT molecular complexity index is 1270. The number of carbonyl (C=O) groups is 1. The Morgan fingerprint density at radius 3 is 2.90 bits per heavy atom. The smallest absolute Gasteiger partial charge is 0.271 e. The van der Waals surface area contributed by atoms with E-state index in [0.29, 0.717) is 18.7 Å². The van der Waals surface area contributed by atoms with Crippen molar-refractivity contribution in [2.24, 2.45) is 7.05 Å². The van der Waals surface area contributed by atoms with Gasteiger partial charge in [-0.15, -0.1) is 0 Å². The van der Waals surface area contributed by atoms with E-state index in [1.165, 1.54) is 12.1 Å². The predicted molar refractivity (Wildman–Crippen MR) is 111 cm³/mol. The van der Waals surface area contributed by atoms with Gasteiger partial charge in [0.25, 0.3) is 5.91 Å². The summed E-state index contributed by atoms with van der Waals surface area (Å²) < 4.78 is 21.1. The molecule has 2 aromatic heterocycles. The Morgan fingerprint density at radius 2 is 2.07 bits per heavy atom. The molecule has 30 heavy (non-hydrogen) atoms. The van der Waals surface area contributed by atoms with Gasteiger partial charge in [0.05, 0.1) is 24.5 Å². The zero-order valence-corrected chi connectivity index (χ0v) is 16.3.